The maximum Gasteiger partial charge on any atom is 0.224 e. The van der Waals surface area contributed by atoms with Gasteiger partial charge in [-0.15, -0.1) is 0 Å². The van der Waals surface area contributed by atoms with Gasteiger partial charge in [-0.1, -0.05) is 44.2 Å². The zero-order valence-electron chi connectivity index (χ0n) is 13.7. The Bertz CT molecular complexity index is 417. The van der Waals surface area contributed by atoms with Crippen LogP contribution >= 0.6 is 0 Å². The van der Waals surface area contributed by atoms with E-state index in [4.69, 9.17) is 5.73 Å². The summed E-state index contributed by atoms with van der Waals surface area (Å²) >= 11 is 0. The summed E-state index contributed by atoms with van der Waals surface area (Å²) in [6.45, 7) is 6.35. The number of hydrogen-bond donors (Lipinski definition) is 1. The third-order valence-electron chi connectivity index (χ3n) is 3.65. The first-order valence-electron chi connectivity index (χ1n) is 7.62. The molecule has 2 N–H and O–H groups in total. The highest BCUT2D eigenvalue weighted by Crippen LogP contribution is 2.10. The number of benzene rings is 1. The lowest BCUT2D eigenvalue weighted by molar-refractivity contribution is -0.132. The normalized spacial score (nSPS) is 12.7. The summed E-state index contributed by atoms with van der Waals surface area (Å²) < 4.78 is 0. The molecule has 0 spiro atoms. The van der Waals surface area contributed by atoms with Crippen LogP contribution in [0.3, 0.4) is 0 Å². The van der Waals surface area contributed by atoms with Crippen molar-refractivity contribution in [3.05, 3.63) is 35.9 Å². The number of hydrogen-bond acceptors (Lipinski definition) is 3. The maximum atomic E-state index is 12.5. The first-order valence-corrected chi connectivity index (χ1v) is 7.62. The van der Waals surface area contributed by atoms with Crippen molar-refractivity contribution >= 4 is 5.91 Å². The third-order valence-corrected chi connectivity index (χ3v) is 3.65. The number of carbonyl (C=O) groups is 1. The number of carbonyl (C=O) groups excluding carboxylic acids is 1. The Kier molecular flexibility index (Phi) is 7.40. The number of likely N-dealkylation sites (N-methyl/N-ethyl adjacent to an activating group) is 1. The molecular weight excluding hydrogens is 262 g/mol. The molecule has 0 aromatic heterocycles. The molecule has 4 nitrogen and oxygen atoms in total. The zero-order chi connectivity index (χ0) is 15.8. The van der Waals surface area contributed by atoms with E-state index in [0.29, 0.717) is 18.9 Å². The third kappa shape index (κ3) is 6.74. The van der Waals surface area contributed by atoms with Crippen LogP contribution in [0, 0.1) is 5.92 Å². The van der Waals surface area contributed by atoms with Gasteiger partial charge in [0.25, 0.3) is 0 Å². The summed E-state index contributed by atoms with van der Waals surface area (Å²) in [4.78, 5) is 16.5. The minimum absolute atomic E-state index is 0.0740. The summed E-state index contributed by atoms with van der Waals surface area (Å²) in [5.41, 5.74) is 7.20. The average molecular weight is 291 g/mol. The predicted molar refractivity (Wildman–Crippen MR) is 87.8 cm³/mol. The van der Waals surface area contributed by atoms with Crippen LogP contribution in [-0.2, 0) is 11.3 Å². The topological polar surface area (TPSA) is 49.6 Å². The lowest BCUT2D eigenvalue weighted by Crippen LogP contribution is -2.40. The molecule has 118 valence electrons. The van der Waals surface area contributed by atoms with Crippen LogP contribution in [0.25, 0.3) is 0 Å². The maximum absolute atomic E-state index is 12.5. The van der Waals surface area contributed by atoms with E-state index in [1.165, 1.54) is 0 Å². The van der Waals surface area contributed by atoms with Crippen LogP contribution in [0.2, 0.25) is 0 Å². The Morgan fingerprint density at radius 2 is 1.76 bits per heavy atom. The molecule has 21 heavy (non-hydrogen) atoms. The molecule has 0 saturated carbocycles. The van der Waals surface area contributed by atoms with Gasteiger partial charge in [0, 0.05) is 32.1 Å². The van der Waals surface area contributed by atoms with Crippen molar-refractivity contribution in [2.45, 2.75) is 32.9 Å². The molecule has 0 bridgehead atoms. The molecule has 0 heterocycles. The highest BCUT2D eigenvalue weighted by atomic mass is 16.2. The summed E-state index contributed by atoms with van der Waals surface area (Å²) in [5, 5.41) is 0. The van der Waals surface area contributed by atoms with E-state index in [-0.39, 0.29) is 11.9 Å². The average Bonchev–Trinajstić information content (AvgIpc) is 2.44. The van der Waals surface area contributed by atoms with E-state index >= 15 is 0 Å². The molecule has 1 unspecified atom stereocenters. The Morgan fingerprint density at radius 1 is 1.14 bits per heavy atom. The molecule has 0 radical (unpaired) electrons. The molecule has 1 atom stereocenters. The second-order valence-electron chi connectivity index (χ2n) is 6.22. The van der Waals surface area contributed by atoms with E-state index in [1.54, 1.807) is 0 Å². The van der Waals surface area contributed by atoms with Crippen molar-refractivity contribution in [2.75, 3.05) is 27.2 Å². The Hall–Kier alpha value is -1.39. The van der Waals surface area contributed by atoms with Gasteiger partial charge in [-0.05, 0) is 25.6 Å². The van der Waals surface area contributed by atoms with Crippen LogP contribution in [0.5, 0.6) is 0 Å². The lowest BCUT2D eigenvalue weighted by Gasteiger charge is -2.26. The van der Waals surface area contributed by atoms with Crippen molar-refractivity contribution in [3.63, 3.8) is 0 Å². The minimum Gasteiger partial charge on any atom is -0.337 e. The quantitative estimate of drug-likeness (QED) is 0.796. The fraction of sp³-hybridized carbons (Fsp3) is 0.588. The summed E-state index contributed by atoms with van der Waals surface area (Å²) in [6.07, 6.45) is 0.415. The summed E-state index contributed by atoms with van der Waals surface area (Å²) in [5.74, 6) is 0.461. The van der Waals surface area contributed by atoms with Crippen LogP contribution < -0.4 is 5.73 Å². The van der Waals surface area contributed by atoms with Gasteiger partial charge in [0.2, 0.25) is 5.91 Å². The number of amides is 1. The lowest BCUT2D eigenvalue weighted by atomic mass is 10.0. The monoisotopic (exact) mass is 291 g/mol. The van der Waals surface area contributed by atoms with Crippen molar-refractivity contribution in [1.82, 2.24) is 9.80 Å². The first kappa shape index (κ1) is 17.7. The van der Waals surface area contributed by atoms with Crippen molar-refractivity contribution in [2.24, 2.45) is 11.7 Å². The molecule has 0 aliphatic rings. The zero-order valence-corrected chi connectivity index (χ0v) is 13.7. The van der Waals surface area contributed by atoms with Crippen LogP contribution in [0.4, 0.5) is 0 Å². The first-order chi connectivity index (χ1) is 9.90. The van der Waals surface area contributed by atoms with Crippen molar-refractivity contribution < 1.29 is 4.79 Å². The molecule has 0 saturated heterocycles. The Labute approximate surface area is 128 Å². The van der Waals surface area contributed by atoms with Crippen LogP contribution in [0.1, 0.15) is 25.8 Å². The molecule has 0 fully saturated rings. The Morgan fingerprint density at radius 3 is 2.29 bits per heavy atom. The largest absolute Gasteiger partial charge is 0.337 e. The second kappa shape index (κ2) is 8.80. The highest BCUT2D eigenvalue weighted by molar-refractivity contribution is 5.76. The van der Waals surface area contributed by atoms with E-state index in [9.17, 15) is 4.79 Å². The van der Waals surface area contributed by atoms with Gasteiger partial charge in [0.15, 0.2) is 0 Å². The van der Waals surface area contributed by atoms with Crippen LogP contribution in [-0.4, -0.2) is 48.9 Å². The van der Waals surface area contributed by atoms with E-state index < -0.39 is 0 Å². The van der Waals surface area contributed by atoms with Crippen molar-refractivity contribution in [3.8, 4) is 0 Å². The molecule has 1 amide bonds. The molecule has 1 aromatic rings. The molecule has 1 aromatic carbocycles. The summed E-state index contributed by atoms with van der Waals surface area (Å²) in [6, 6.07) is 10.0. The minimum atomic E-state index is -0.0740. The van der Waals surface area contributed by atoms with Gasteiger partial charge >= 0.3 is 0 Å². The van der Waals surface area contributed by atoms with E-state index in [1.807, 2.05) is 37.2 Å². The second-order valence-corrected chi connectivity index (χ2v) is 6.22. The fourth-order valence-electron chi connectivity index (χ4n) is 1.98. The molecule has 1 rings (SSSR count). The van der Waals surface area contributed by atoms with Gasteiger partial charge < -0.3 is 15.5 Å². The number of nitrogens with zero attached hydrogens (tertiary/aromatic N) is 2. The molecule has 4 heteroatoms. The SMILES string of the molecule is CC(C)C(N)CC(=O)N(CCN(C)C)Cc1ccccc1. The van der Waals surface area contributed by atoms with Gasteiger partial charge in [-0.25, -0.2) is 0 Å². The standard InChI is InChI=1S/C17H29N3O/c1-14(2)16(18)12-17(21)20(11-10-19(3)4)13-15-8-6-5-7-9-15/h5-9,14,16H,10-13,18H2,1-4H3. The van der Waals surface area contributed by atoms with Gasteiger partial charge in [-0.3, -0.25) is 4.79 Å². The van der Waals surface area contributed by atoms with E-state index in [2.05, 4.69) is 30.9 Å². The molecule has 0 aliphatic heterocycles. The van der Waals surface area contributed by atoms with E-state index in [0.717, 1.165) is 18.7 Å². The van der Waals surface area contributed by atoms with Gasteiger partial charge in [0.1, 0.15) is 0 Å². The number of rotatable bonds is 8. The van der Waals surface area contributed by atoms with Gasteiger partial charge in [-0.2, -0.15) is 0 Å². The number of nitrogens with two attached hydrogens (primary N) is 1. The smallest absolute Gasteiger partial charge is 0.224 e. The summed E-state index contributed by atoms with van der Waals surface area (Å²) in [7, 11) is 4.04. The molecular formula is C17H29N3O. The van der Waals surface area contributed by atoms with Crippen LogP contribution in [0.15, 0.2) is 30.3 Å². The van der Waals surface area contributed by atoms with Gasteiger partial charge in [0.05, 0.1) is 0 Å². The fourth-order valence-corrected chi connectivity index (χ4v) is 1.98. The Balaban J connectivity index is 2.69. The predicted octanol–water partition coefficient (Wildman–Crippen LogP) is 1.95. The molecule has 0 aliphatic carbocycles. The van der Waals surface area contributed by atoms with Crippen molar-refractivity contribution in [1.29, 1.82) is 0 Å². The highest BCUT2D eigenvalue weighted by Gasteiger charge is 2.19.